The van der Waals surface area contributed by atoms with Gasteiger partial charge in [0.1, 0.15) is 0 Å². The zero-order chi connectivity index (χ0) is 8.15. The van der Waals surface area contributed by atoms with E-state index in [2.05, 4.69) is 25.7 Å². The topological polar surface area (TPSA) is 21.3 Å². The van der Waals surface area contributed by atoms with E-state index in [-0.39, 0.29) is 6.10 Å². The summed E-state index contributed by atoms with van der Waals surface area (Å²) in [5, 5.41) is 3.06. The Labute approximate surface area is 63.3 Å². The lowest BCUT2D eigenvalue weighted by Gasteiger charge is -2.16. The first kappa shape index (κ1) is 9.34. The monoisotopic (exact) mass is 143 g/mol. The third-order valence-electron chi connectivity index (χ3n) is 0.828. The fourth-order valence-corrected chi connectivity index (χ4v) is 0.641. The molecule has 1 N–H and O–H groups in total. The van der Waals surface area contributed by atoms with Crippen molar-refractivity contribution in [3.63, 3.8) is 0 Å². The Morgan fingerprint density at radius 3 is 2.10 bits per heavy atom. The molecule has 60 valence electrons. The van der Waals surface area contributed by atoms with Gasteiger partial charge in [-0.15, -0.1) is 0 Å². The van der Waals surface area contributed by atoms with Gasteiger partial charge in [0.15, 0.2) is 5.88 Å². The zero-order valence-electron chi connectivity index (χ0n) is 7.27. The van der Waals surface area contributed by atoms with Crippen molar-refractivity contribution in [2.24, 2.45) is 0 Å². The molecule has 2 heteroatoms. The Balaban J connectivity index is 3.44. The highest BCUT2D eigenvalue weighted by Crippen LogP contribution is 1.96. The van der Waals surface area contributed by atoms with Crippen LogP contribution in [0, 0.1) is 0 Å². The molecule has 0 aromatic carbocycles. The van der Waals surface area contributed by atoms with E-state index in [9.17, 15) is 0 Å². The highest BCUT2D eigenvalue weighted by molar-refractivity contribution is 4.81. The minimum absolute atomic E-state index is 0.207. The lowest BCUT2D eigenvalue weighted by molar-refractivity contribution is 0.128. The number of hydrogen-bond acceptors (Lipinski definition) is 2. The summed E-state index contributed by atoms with van der Waals surface area (Å²) >= 11 is 0. The van der Waals surface area contributed by atoms with Crippen LogP contribution in [0.4, 0.5) is 0 Å². The predicted molar refractivity (Wildman–Crippen MR) is 43.6 cm³/mol. The summed E-state index contributed by atoms with van der Waals surface area (Å²) in [5.41, 5.74) is 0. The number of nitrogens with one attached hydrogen (secondary N) is 1. The summed E-state index contributed by atoms with van der Waals surface area (Å²) in [5.74, 6) is 0.657. The van der Waals surface area contributed by atoms with Gasteiger partial charge in [-0.3, -0.25) is 0 Å². The van der Waals surface area contributed by atoms with Crippen LogP contribution in [0.2, 0.25) is 0 Å². The number of ether oxygens (including phenoxy) is 1. The lowest BCUT2D eigenvalue weighted by Crippen LogP contribution is -2.24. The van der Waals surface area contributed by atoms with Crippen molar-refractivity contribution in [1.29, 1.82) is 0 Å². The van der Waals surface area contributed by atoms with Crippen molar-refractivity contribution in [1.82, 2.24) is 5.32 Å². The Hall–Kier alpha value is -0.660. The summed E-state index contributed by atoms with van der Waals surface area (Å²) < 4.78 is 5.26. The van der Waals surface area contributed by atoms with Crippen LogP contribution in [-0.2, 0) is 4.74 Å². The Morgan fingerprint density at radius 1 is 1.30 bits per heavy atom. The molecule has 2 nitrogen and oxygen atoms in total. The van der Waals surface area contributed by atoms with Crippen molar-refractivity contribution < 1.29 is 4.74 Å². The lowest BCUT2D eigenvalue weighted by atomic mass is 10.4. The maximum absolute atomic E-state index is 5.26. The third kappa shape index (κ3) is 5.48. The van der Waals surface area contributed by atoms with E-state index < -0.39 is 0 Å². The molecule has 0 fully saturated rings. The molecule has 0 aliphatic rings. The second-order valence-corrected chi connectivity index (χ2v) is 2.89. The molecule has 0 aliphatic carbocycles. The summed E-state index contributed by atoms with van der Waals surface area (Å²) in [7, 11) is 0. The van der Waals surface area contributed by atoms with Gasteiger partial charge in [-0.25, -0.2) is 0 Å². The highest BCUT2D eigenvalue weighted by Gasteiger charge is 1.98. The maximum atomic E-state index is 5.26. The predicted octanol–water partition coefficient (Wildman–Crippen LogP) is 1.88. The maximum Gasteiger partial charge on any atom is 0.179 e. The number of rotatable bonds is 4. The molecule has 0 bridgehead atoms. The van der Waals surface area contributed by atoms with Gasteiger partial charge in [0.2, 0.25) is 0 Å². The summed E-state index contributed by atoms with van der Waals surface area (Å²) in [6.45, 7) is 11.8. The molecule has 0 unspecified atom stereocenters. The Bertz CT molecular complexity index is 95.8. The smallest absolute Gasteiger partial charge is 0.179 e. The van der Waals surface area contributed by atoms with E-state index in [1.807, 2.05) is 13.8 Å². The van der Waals surface area contributed by atoms with Gasteiger partial charge < -0.3 is 10.1 Å². The molecule has 0 saturated heterocycles. The van der Waals surface area contributed by atoms with Crippen molar-refractivity contribution in [2.45, 2.75) is 39.8 Å². The molecule has 0 rings (SSSR count). The highest BCUT2D eigenvalue weighted by atomic mass is 16.5. The van der Waals surface area contributed by atoms with E-state index in [0.29, 0.717) is 11.9 Å². The molecule has 0 radical (unpaired) electrons. The molecule has 0 amide bonds. The van der Waals surface area contributed by atoms with Crippen molar-refractivity contribution in [3.8, 4) is 0 Å². The Kier molecular flexibility index (Phi) is 3.93. The first-order valence-corrected chi connectivity index (χ1v) is 3.64. The average molecular weight is 143 g/mol. The van der Waals surface area contributed by atoms with Gasteiger partial charge in [-0.2, -0.15) is 0 Å². The van der Waals surface area contributed by atoms with E-state index in [1.54, 1.807) is 0 Å². The van der Waals surface area contributed by atoms with Gasteiger partial charge in [-0.05, 0) is 34.3 Å². The minimum Gasteiger partial charge on any atom is -0.477 e. The first-order valence-electron chi connectivity index (χ1n) is 3.64. The van der Waals surface area contributed by atoms with E-state index >= 15 is 0 Å². The fourth-order valence-electron chi connectivity index (χ4n) is 0.641. The molecule has 0 atom stereocenters. The van der Waals surface area contributed by atoms with Crippen LogP contribution in [0.15, 0.2) is 12.5 Å². The molecule has 0 heterocycles. The molecule has 0 aromatic heterocycles. The van der Waals surface area contributed by atoms with Crippen LogP contribution in [0.3, 0.4) is 0 Å². The summed E-state index contributed by atoms with van der Waals surface area (Å²) in [4.78, 5) is 0. The molecule has 0 saturated carbocycles. The van der Waals surface area contributed by atoms with Crippen molar-refractivity contribution in [3.05, 3.63) is 12.5 Å². The van der Waals surface area contributed by atoms with Crippen LogP contribution >= 0.6 is 0 Å². The van der Waals surface area contributed by atoms with Gasteiger partial charge in [0, 0.05) is 6.04 Å². The third-order valence-corrected chi connectivity index (χ3v) is 0.828. The van der Waals surface area contributed by atoms with Gasteiger partial charge in [0.05, 0.1) is 6.10 Å². The van der Waals surface area contributed by atoms with E-state index in [0.717, 1.165) is 0 Å². The quantitative estimate of drug-likeness (QED) is 0.607. The molecule has 10 heavy (non-hydrogen) atoms. The SMILES string of the molecule is C=C(NC(C)C)OC(C)C. The van der Waals surface area contributed by atoms with Crippen LogP contribution in [-0.4, -0.2) is 12.1 Å². The Morgan fingerprint density at radius 2 is 1.80 bits per heavy atom. The van der Waals surface area contributed by atoms with Crippen LogP contribution in [0.1, 0.15) is 27.7 Å². The zero-order valence-corrected chi connectivity index (χ0v) is 7.27. The first-order chi connectivity index (χ1) is 4.52. The second kappa shape index (κ2) is 4.20. The molecular formula is C8H17NO. The van der Waals surface area contributed by atoms with E-state index in [4.69, 9.17) is 4.74 Å². The normalized spacial score (nSPS) is 10.2. The van der Waals surface area contributed by atoms with Crippen molar-refractivity contribution >= 4 is 0 Å². The average Bonchev–Trinajstić information content (AvgIpc) is 1.58. The molecule has 0 spiro atoms. The minimum atomic E-state index is 0.207. The van der Waals surface area contributed by atoms with Gasteiger partial charge >= 0.3 is 0 Å². The molecular weight excluding hydrogens is 126 g/mol. The summed E-state index contributed by atoms with van der Waals surface area (Å²) in [6, 6.07) is 0.395. The fraction of sp³-hybridized carbons (Fsp3) is 0.750. The van der Waals surface area contributed by atoms with Gasteiger partial charge in [0.25, 0.3) is 0 Å². The van der Waals surface area contributed by atoms with Crippen LogP contribution in [0.5, 0.6) is 0 Å². The summed E-state index contributed by atoms with van der Waals surface area (Å²) in [6.07, 6.45) is 0.207. The van der Waals surface area contributed by atoms with Crippen molar-refractivity contribution in [2.75, 3.05) is 0 Å². The van der Waals surface area contributed by atoms with Crippen LogP contribution < -0.4 is 5.32 Å². The van der Waals surface area contributed by atoms with Crippen LogP contribution in [0.25, 0.3) is 0 Å². The molecule has 0 aromatic rings. The largest absolute Gasteiger partial charge is 0.477 e. The second-order valence-electron chi connectivity index (χ2n) is 2.89. The van der Waals surface area contributed by atoms with E-state index in [1.165, 1.54) is 0 Å². The molecule has 0 aliphatic heterocycles. The standard InChI is InChI=1S/C8H17NO/c1-6(2)9-8(5)10-7(3)4/h6-7,9H,5H2,1-4H3. The number of hydrogen-bond donors (Lipinski definition) is 1. The van der Waals surface area contributed by atoms with Gasteiger partial charge in [-0.1, -0.05) is 0 Å².